The topological polar surface area (TPSA) is 18.5 Å². The van der Waals surface area contributed by atoms with Gasteiger partial charge in [0.2, 0.25) is 0 Å². The van der Waals surface area contributed by atoms with Crippen molar-refractivity contribution in [2.75, 3.05) is 6.61 Å². The average molecular weight is 229 g/mol. The molecular formula is C12H17ClO2. The first kappa shape index (κ1) is 12.3. The molecule has 15 heavy (non-hydrogen) atoms. The van der Waals surface area contributed by atoms with Gasteiger partial charge in [-0.2, -0.15) is 0 Å². The van der Waals surface area contributed by atoms with Gasteiger partial charge >= 0.3 is 0 Å². The van der Waals surface area contributed by atoms with E-state index < -0.39 is 0 Å². The van der Waals surface area contributed by atoms with Crippen LogP contribution in [0.4, 0.5) is 0 Å². The number of rotatable bonds is 6. The molecule has 0 aliphatic rings. The highest BCUT2D eigenvalue weighted by Crippen LogP contribution is 2.16. The van der Waals surface area contributed by atoms with Gasteiger partial charge in [0.1, 0.15) is 5.75 Å². The van der Waals surface area contributed by atoms with Crippen molar-refractivity contribution in [1.29, 1.82) is 0 Å². The van der Waals surface area contributed by atoms with Gasteiger partial charge in [-0.15, -0.1) is 0 Å². The number of hydrogen-bond donors (Lipinski definition) is 0. The Balaban J connectivity index is 2.31. The molecule has 1 aromatic carbocycles. The standard InChI is InChI=1S/C12H17ClO2/c1-3-4-9-14-10(2)15-12-7-5-11(13)6-8-12/h5-8,10H,3-4,9H2,1-2H3. The largest absolute Gasteiger partial charge is 0.465 e. The van der Waals surface area contributed by atoms with E-state index in [9.17, 15) is 0 Å². The lowest BCUT2D eigenvalue weighted by molar-refractivity contribution is -0.0673. The monoisotopic (exact) mass is 228 g/mol. The van der Waals surface area contributed by atoms with E-state index in [1.165, 1.54) is 0 Å². The van der Waals surface area contributed by atoms with Crippen LogP contribution < -0.4 is 4.74 Å². The lowest BCUT2D eigenvalue weighted by Crippen LogP contribution is -2.16. The van der Waals surface area contributed by atoms with E-state index in [4.69, 9.17) is 21.1 Å². The Morgan fingerprint density at radius 3 is 2.53 bits per heavy atom. The second-order valence-electron chi connectivity index (χ2n) is 3.36. The van der Waals surface area contributed by atoms with Crippen LogP contribution >= 0.6 is 11.6 Å². The van der Waals surface area contributed by atoms with Crippen molar-refractivity contribution >= 4 is 11.6 Å². The molecular weight excluding hydrogens is 212 g/mol. The van der Waals surface area contributed by atoms with Gasteiger partial charge in [-0.05, 0) is 37.6 Å². The van der Waals surface area contributed by atoms with Crippen LogP contribution in [0.5, 0.6) is 5.75 Å². The number of halogens is 1. The van der Waals surface area contributed by atoms with Gasteiger partial charge in [-0.1, -0.05) is 24.9 Å². The molecule has 0 aromatic heterocycles. The van der Waals surface area contributed by atoms with Crippen molar-refractivity contribution in [1.82, 2.24) is 0 Å². The minimum atomic E-state index is -0.210. The van der Waals surface area contributed by atoms with Crippen molar-refractivity contribution in [3.8, 4) is 5.75 Å². The predicted molar refractivity (Wildman–Crippen MR) is 62.4 cm³/mol. The average Bonchev–Trinajstić information content (AvgIpc) is 2.22. The third-order valence-corrected chi connectivity index (χ3v) is 2.22. The van der Waals surface area contributed by atoms with Gasteiger partial charge in [-0.3, -0.25) is 0 Å². The van der Waals surface area contributed by atoms with Crippen molar-refractivity contribution in [2.45, 2.75) is 33.0 Å². The van der Waals surface area contributed by atoms with E-state index in [1.54, 1.807) is 12.1 Å². The number of ether oxygens (including phenoxy) is 2. The summed E-state index contributed by atoms with van der Waals surface area (Å²) in [7, 11) is 0. The maximum atomic E-state index is 5.76. The molecule has 0 aliphatic heterocycles. The SMILES string of the molecule is CCCCOC(C)Oc1ccc(Cl)cc1. The molecule has 0 bridgehead atoms. The molecule has 2 nitrogen and oxygen atoms in total. The van der Waals surface area contributed by atoms with E-state index >= 15 is 0 Å². The quantitative estimate of drug-likeness (QED) is 0.544. The van der Waals surface area contributed by atoms with Gasteiger partial charge in [-0.25, -0.2) is 0 Å². The second-order valence-corrected chi connectivity index (χ2v) is 3.80. The number of benzene rings is 1. The summed E-state index contributed by atoms with van der Waals surface area (Å²) in [6, 6.07) is 7.27. The molecule has 0 saturated carbocycles. The minimum Gasteiger partial charge on any atom is -0.465 e. The van der Waals surface area contributed by atoms with Crippen LogP contribution in [0.3, 0.4) is 0 Å². The number of unbranched alkanes of at least 4 members (excludes halogenated alkanes) is 1. The maximum Gasteiger partial charge on any atom is 0.196 e. The lowest BCUT2D eigenvalue weighted by atomic mass is 10.3. The second kappa shape index (κ2) is 6.70. The molecule has 0 N–H and O–H groups in total. The zero-order chi connectivity index (χ0) is 11.1. The Morgan fingerprint density at radius 2 is 1.93 bits per heavy atom. The summed E-state index contributed by atoms with van der Waals surface area (Å²) in [5.41, 5.74) is 0. The van der Waals surface area contributed by atoms with E-state index in [-0.39, 0.29) is 6.29 Å². The maximum absolute atomic E-state index is 5.76. The Labute approximate surface area is 96.2 Å². The van der Waals surface area contributed by atoms with Crippen molar-refractivity contribution in [3.63, 3.8) is 0 Å². The molecule has 84 valence electrons. The molecule has 0 saturated heterocycles. The van der Waals surface area contributed by atoms with Gasteiger partial charge in [0, 0.05) is 5.02 Å². The smallest absolute Gasteiger partial charge is 0.196 e. The molecule has 0 spiro atoms. The summed E-state index contributed by atoms with van der Waals surface area (Å²) in [4.78, 5) is 0. The van der Waals surface area contributed by atoms with Crippen LogP contribution in [0.25, 0.3) is 0 Å². The highest BCUT2D eigenvalue weighted by atomic mass is 35.5. The first-order valence-electron chi connectivity index (χ1n) is 5.26. The molecule has 1 unspecified atom stereocenters. The molecule has 0 heterocycles. The van der Waals surface area contributed by atoms with Crippen molar-refractivity contribution < 1.29 is 9.47 Å². The molecule has 0 fully saturated rings. The van der Waals surface area contributed by atoms with E-state index in [0.29, 0.717) is 5.02 Å². The summed E-state index contributed by atoms with van der Waals surface area (Å²) in [6.45, 7) is 4.77. The zero-order valence-corrected chi connectivity index (χ0v) is 9.96. The summed E-state index contributed by atoms with van der Waals surface area (Å²) in [5, 5.41) is 0.710. The molecule has 1 aromatic rings. The molecule has 0 radical (unpaired) electrons. The third-order valence-electron chi connectivity index (χ3n) is 1.97. The van der Waals surface area contributed by atoms with Crippen LogP contribution in [-0.2, 0) is 4.74 Å². The number of hydrogen-bond acceptors (Lipinski definition) is 2. The summed E-state index contributed by atoms with van der Waals surface area (Å²) in [5.74, 6) is 0.781. The Hall–Kier alpha value is -0.730. The van der Waals surface area contributed by atoms with E-state index in [0.717, 1.165) is 25.2 Å². The first-order valence-corrected chi connectivity index (χ1v) is 5.64. The summed E-state index contributed by atoms with van der Waals surface area (Å²) in [6.07, 6.45) is 1.99. The van der Waals surface area contributed by atoms with Crippen LogP contribution in [0.1, 0.15) is 26.7 Å². The van der Waals surface area contributed by atoms with Gasteiger partial charge in [0.25, 0.3) is 0 Å². The Kier molecular flexibility index (Phi) is 5.51. The van der Waals surface area contributed by atoms with Gasteiger partial charge < -0.3 is 9.47 Å². The highest BCUT2D eigenvalue weighted by Gasteiger charge is 2.02. The summed E-state index contributed by atoms with van der Waals surface area (Å²) >= 11 is 5.76. The third kappa shape index (κ3) is 5.05. The molecule has 3 heteroatoms. The first-order chi connectivity index (χ1) is 7.22. The summed E-state index contributed by atoms with van der Waals surface area (Å²) < 4.78 is 11.0. The molecule has 0 amide bonds. The van der Waals surface area contributed by atoms with E-state index in [1.807, 2.05) is 19.1 Å². The fourth-order valence-corrected chi connectivity index (χ4v) is 1.26. The Morgan fingerprint density at radius 1 is 1.27 bits per heavy atom. The highest BCUT2D eigenvalue weighted by molar-refractivity contribution is 6.30. The molecule has 0 aliphatic carbocycles. The molecule has 1 rings (SSSR count). The fourth-order valence-electron chi connectivity index (χ4n) is 1.13. The van der Waals surface area contributed by atoms with Gasteiger partial charge in [0.05, 0.1) is 6.61 Å². The van der Waals surface area contributed by atoms with Crippen LogP contribution in [0.2, 0.25) is 5.02 Å². The normalized spacial score (nSPS) is 12.5. The fraction of sp³-hybridized carbons (Fsp3) is 0.500. The van der Waals surface area contributed by atoms with Crippen molar-refractivity contribution in [3.05, 3.63) is 29.3 Å². The van der Waals surface area contributed by atoms with Crippen LogP contribution in [-0.4, -0.2) is 12.9 Å². The zero-order valence-electron chi connectivity index (χ0n) is 9.20. The van der Waals surface area contributed by atoms with E-state index in [2.05, 4.69) is 6.92 Å². The molecule has 1 atom stereocenters. The lowest BCUT2D eigenvalue weighted by Gasteiger charge is -2.15. The van der Waals surface area contributed by atoms with Crippen LogP contribution in [0.15, 0.2) is 24.3 Å². The minimum absolute atomic E-state index is 0.210. The van der Waals surface area contributed by atoms with Gasteiger partial charge in [0.15, 0.2) is 6.29 Å². The predicted octanol–water partition coefficient (Wildman–Crippen LogP) is 3.88. The van der Waals surface area contributed by atoms with Crippen LogP contribution in [0, 0.1) is 0 Å². The van der Waals surface area contributed by atoms with Crippen molar-refractivity contribution in [2.24, 2.45) is 0 Å². The Bertz CT molecular complexity index is 271.